The van der Waals surface area contributed by atoms with Gasteiger partial charge in [-0.2, -0.15) is 0 Å². The van der Waals surface area contributed by atoms with Gasteiger partial charge in [0, 0.05) is 18.4 Å². The molecule has 4 amide bonds. The zero-order valence-corrected chi connectivity index (χ0v) is 31.0. The monoisotopic (exact) mass is 747 g/mol. The maximum absolute atomic E-state index is 14.0. The highest BCUT2D eigenvalue weighted by Crippen LogP contribution is 2.54. The molecule has 292 valence electrons. The van der Waals surface area contributed by atoms with Crippen LogP contribution >= 0.6 is 0 Å². The van der Waals surface area contributed by atoms with E-state index < -0.39 is 77.3 Å². The van der Waals surface area contributed by atoms with E-state index in [0.717, 1.165) is 17.7 Å². The standard InChI is InChI=1S/C38H52F3N5O7/c1-7-22(5)32(34(49)45-31(21(3)4)36(51)52)44-30(48)19-28(42)37(20-27(37)25-14-10-9-11-15-25)46-35(50)33(23(6)8-2)43-29(47)18-24-13-12-16-26(17-24)53-38(39,40)41/h9-17,21-23,27-28,31-33H,7-8,18-20,42H2,1-6H3,(H,43,47)(H,44,48)(H,45,49)(H,46,50)(H,51,52)/t22-,23-,27-,28-,31-,32-,33-,37?/m0/s1. The summed E-state index contributed by atoms with van der Waals surface area (Å²) < 4.78 is 42.2. The Kier molecular flexibility index (Phi) is 14.8. The first kappa shape index (κ1) is 42.8. The van der Waals surface area contributed by atoms with Crippen LogP contribution in [-0.2, 0) is 30.4 Å². The zero-order chi connectivity index (χ0) is 39.7. The van der Waals surface area contributed by atoms with Gasteiger partial charge in [-0.05, 0) is 47.4 Å². The number of carboxylic acids is 1. The van der Waals surface area contributed by atoms with E-state index in [9.17, 15) is 42.3 Å². The number of aliphatic carboxylic acids is 1. The van der Waals surface area contributed by atoms with Crippen molar-refractivity contribution in [2.24, 2.45) is 23.5 Å². The number of amides is 4. The van der Waals surface area contributed by atoms with Crippen LogP contribution in [0.3, 0.4) is 0 Å². The lowest BCUT2D eigenvalue weighted by Gasteiger charge is -2.31. The first-order chi connectivity index (χ1) is 24.8. The molecule has 2 aromatic rings. The topological polar surface area (TPSA) is 189 Å². The van der Waals surface area contributed by atoms with Gasteiger partial charge in [-0.3, -0.25) is 19.2 Å². The summed E-state index contributed by atoms with van der Waals surface area (Å²) in [5, 5.41) is 20.7. The molecule has 1 aliphatic rings. The first-order valence-electron chi connectivity index (χ1n) is 17.9. The summed E-state index contributed by atoms with van der Waals surface area (Å²) in [6, 6.07) is 10.1. The Morgan fingerprint density at radius 3 is 1.98 bits per heavy atom. The van der Waals surface area contributed by atoms with Crippen LogP contribution in [0.25, 0.3) is 0 Å². The number of carbonyl (C=O) groups is 5. The van der Waals surface area contributed by atoms with E-state index in [2.05, 4.69) is 26.0 Å². The molecule has 0 bridgehead atoms. The molecule has 0 aliphatic heterocycles. The predicted octanol–water partition coefficient (Wildman–Crippen LogP) is 4.17. The predicted molar refractivity (Wildman–Crippen MR) is 191 cm³/mol. The van der Waals surface area contributed by atoms with Gasteiger partial charge in [0.1, 0.15) is 23.9 Å². The second kappa shape index (κ2) is 18.4. The molecule has 2 aromatic carbocycles. The van der Waals surface area contributed by atoms with Crippen molar-refractivity contribution < 1.29 is 47.0 Å². The number of ether oxygens (including phenoxy) is 1. The largest absolute Gasteiger partial charge is 0.573 e. The SMILES string of the molecule is CC[C@H](C)[C@H](NC(=O)C[C@H](N)C1(NC(=O)[C@@H](NC(=O)Cc2cccc(OC(F)(F)F)c2)[C@@H](C)CC)C[C@H]1c1ccccc1)C(=O)N[C@H](C(=O)O)C(C)C. The van der Waals surface area contributed by atoms with Crippen molar-refractivity contribution in [2.75, 3.05) is 0 Å². The minimum absolute atomic E-state index is 0.246. The Labute approximate surface area is 308 Å². The number of halogens is 3. The lowest BCUT2D eigenvalue weighted by molar-refractivity contribution is -0.274. The Balaban J connectivity index is 1.81. The molecule has 15 heteroatoms. The first-order valence-corrected chi connectivity index (χ1v) is 17.9. The highest BCUT2D eigenvalue weighted by atomic mass is 19.4. The van der Waals surface area contributed by atoms with Crippen LogP contribution in [0.4, 0.5) is 13.2 Å². The van der Waals surface area contributed by atoms with Crippen LogP contribution in [0.5, 0.6) is 5.75 Å². The third kappa shape index (κ3) is 11.9. The summed E-state index contributed by atoms with van der Waals surface area (Å²) in [6.45, 7) is 10.5. The molecule has 53 heavy (non-hydrogen) atoms. The zero-order valence-electron chi connectivity index (χ0n) is 31.0. The number of rotatable bonds is 19. The van der Waals surface area contributed by atoms with E-state index in [-0.39, 0.29) is 36.2 Å². The summed E-state index contributed by atoms with van der Waals surface area (Å²) in [5.74, 6) is -5.40. The van der Waals surface area contributed by atoms with Gasteiger partial charge >= 0.3 is 12.3 Å². The lowest BCUT2D eigenvalue weighted by atomic mass is 9.93. The Hall–Kier alpha value is -4.66. The van der Waals surface area contributed by atoms with Crippen molar-refractivity contribution in [1.29, 1.82) is 0 Å². The van der Waals surface area contributed by atoms with Gasteiger partial charge in [-0.1, -0.05) is 96.8 Å². The van der Waals surface area contributed by atoms with E-state index in [4.69, 9.17) is 5.73 Å². The van der Waals surface area contributed by atoms with Crippen molar-refractivity contribution >= 4 is 29.6 Å². The molecule has 7 N–H and O–H groups in total. The van der Waals surface area contributed by atoms with E-state index in [1.165, 1.54) is 12.1 Å². The number of alkyl halides is 3. The number of hydrogen-bond donors (Lipinski definition) is 6. The van der Waals surface area contributed by atoms with Crippen molar-refractivity contribution in [1.82, 2.24) is 21.3 Å². The second-order valence-corrected chi connectivity index (χ2v) is 14.3. The molecule has 1 aliphatic carbocycles. The molecule has 12 nitrogen and oxygen atoms in total. The van der Waals surface area contributed by atoms with Gasteiger partial charge in [0.25, 0.3) is 0 Å². The normalized spacial score (nSPS) is 20.2. The molecule has 0 spiro atoms. The summed E-state index contributed by atoms with van der Waals surface area (Å²) >= 11 is 0. The molecule has 0 saturated heterocycles. The van der Waals surface area contributed by atoms with Crippen molar-refractivity contribution in [2.45, 2.75) is 116 Å². The lowest BCUT2D eigenvalue weighted by Crippen LogP contribution is -2.60. The third-order valence-corrected chi connectivity index (χ3v) is 9.98. The highest BCUT2D eigenvalue weighted by Gasteiger charge is 2.60. The van der Waals surface area contributed by atoms with Crippen LogP contribution in [0.2, 0.25) is 0 Å². The number of carboxylic acid groups (broad SMARTS) is 1. The molecule has 0 aromatic heterocycles. The average molecular weight is 748 g/mol. The van der Waals surface area contributed by atoms with Gasteiger partial charge in [-0.25, -0.2) is 4.79 Å². The molecular weight excluding hydrogens is 695 g/mol. The summed E-state index contributed by atoms with van der Waals surface area (Å²) in [4.78, 5) is 65.7. The van der Waals surface area contributed by atoms with Crippen molar-refractivity contribution in [3.05, 3.63) is 65.7 Å². The molecule has 1 unspecified atom stereocenters. The number of hydrogen-bond acceptors (Lipinski definition) is 7. The molecule has 0 heterocycles. The number of benzene rings is 2. The Morgan fingerprint density at radius 2 is 1.43 bits per heavy atom. The fourth-order valence-electron chi connectivity index (χ4n) is 6.36. The van der Waals surface area contributed by atoms with Gasteiger partial charge in [0.15, 0.2) is 0 Å². The minimum atomic E-state index is -4.90. The number of carbonyl (C=O) groups excluding carboxylic acids is 4. The number of nitrogens with one attached hydrogen (secondary N) is 4. The molecular formula is C38H52F3N5O7. The minimum Gasteiger partial charge on any atom is -0.480 e. The average Bonchev–Trinajstić information content (AvgIpc) is 3.82. The maximum Gasteiger partial charge on any atom is 0.573 e. The fraction of sp³-hybridized carbons (Fsp3) is 0.553. The van der Waals surface area contributed by atoms with E-state index in [1.807, 2.05) is 44.2 Å². The Morgan fingerprint density at radius 1 is 0.849 bits per heavy atom. The smallest absolute Gasteiger partial charge is 0.480 e. The van der Waals surface area contributed by atoms with Crippen LogP contribution in [0.15, 0.2) is 54.6 Å². The maximum atomic E-state index is 14.0. The van der Waals surface area contributed by atoms with Gasteiger partial charge < -0.3 is 36.8 Å². The molecule has 3 rings (SSSR count). The van der Waals surface area contributed by atoms with E-state index in [1.54, 1.807) is 27.7 Å². The summed E-state index contributed by atoms with van der Waals surface area (Å²) in [5.41, 5.74) is 6.77. The molecule has 0 radical (unpaired) electrons. The quantitative estimate of drug-likeness (QED) is 0.124. The molecule has 1 fully saturated rings. The third-order valence-electron chi connectivity index (χ3n) is 9.98. The van der Waals surface area contributed by atoms with E-state index in [0.29, 0.717) is 19.3 Å². The molecule has 1 saturated carbocycles. The van der Waals surface area contributed by atoms with Crippen LogP contribution < -0.4 is 31.7 Å². The Bertz CT molecular complexity index is 1590. The van der Waals surface area contributed by atoms with Crippen LogP contribution in [0.1, 0.15) is 84.3 Å². The second-order valence-electron chi connectivity index (χ2n) is 14.3. The molecule has 8 atom stereocenters. The van der Waals surface area contributed by atoms with Gasteiger partial charge in [0.05, 0.1) is 12.0 Å². The summed E-state index contributed by atoms with van der Waals surface area (Å²) in [7, 11) is 0. The van der Waals surface area contributed by atoms with Crippen LogP contribution in [-0.4, -0.2) is 70.8 Å². The fourth-order valence-corrected chi connectivity index (χ4v) is 6.36. The van der Waals surface area contributed by atoms with Gasteiger partial charge in [0.2, 0.25) is 23.6 Å². The van der Waals surface area contributed by atoms with Gasteiger partial charge in [-0.15, -0.1) is 13.2 Å². The highest BCUT2D eigenvalue weighted by molar-refractivity contribution is 5.92. The van der Waals surface area contributed by atoms with Crippen molar-refractivity contribution in [3.63, 3.8) is 0 Å². The summed E-state index contributed by atoms with van der Waals surface area (Å²) in [6.07, 6.45) is -4.11. The van der Waals surface area contributed by atoms with Crippen molar-refractivity contribution in [3.8, 4) is 5.75 Å². The number of nitrogens with two attached hydrogens (primary N) is 1. The van der Waals surface area contributed by atoms with E-state index >= 15 is 0 Å². The van der Waals surface area contributed by atoms with Crippen LogP contribution in [0, 0.1) is 17.8 Å².